The number of halogens is 1. The van der Waals surface area contributed by atoms with Gasteiger partial charge in [-0.2, -0.15) is 0 Å². The van der Waals surface area contributed by atoms with Crippen LogP contribution in [0, 0.1) is 0 Å². The molecule has 4 nitrogen and oxygen atoms in total. The number of likely N-dealkylation sites (tertiary alicyclic amines) is 1. The van der Waals surface area contributed by atoms with Crippen LogP contribution in [-0.2, 0) is 4.79 Å². The van der Waals surface area contributed by atoms with Gasteiger partial charge in [-0.1, -0.05) is 17.7 Å². The molecular weight excluding hydrogens is 266 g/mol. The van der Waals surface area contributed by atoms with E-state index in [-0.39, 0.29) is 5.91 Å². The lowest BCUT2D eigenvalue weighted by molar-refractivity contribution is -0.150. The summed E-state index contributed by atoms with van der Waals surface area (Å²) in [5, 5.41) is 9.87. The van der Waals surface area contributed by atoms with E-state index in [1.54, 1.807) is 31.2 Å². The van der Waals surface area contributed by atoms with E-state index < -0.39 is 11.5 Å². The van der Waals surface area contributed by atoms with Gasteiger partial charge in [-0.05, 0) is 44.4 Å². The second kappa shape index (κ2) is 5.21. The van der Waals surface area contributed by atoms with Gasteiger partial charge >= 0.3 is 5.97 Å². The van der Waals surface area contributed by atoms with Crippen LogP contribution < -0.4 is 0 Å². The number of carbonyl (C=O) groups is 2. The molecule has 1 N–H and O–H groups in total. The number of amides is 1. The summed E-state index contributed by atoms with van der Waals surface area (Å²) in [5.74, 6) is -1.23. The van der Waals surface area contributed by atoms with Crippen LogP contribution in [0.5, 0.6) is 0 Å². The number of nitrogens with zero attached hydrogens (tertiary/aromatic N) is 1. The molecule has 1 aromatic carbocycles. The Balaban J connectivity index is 2.33. The zero-order valence-corrected chi connectivity index (χ0v) is 11.5. The average molecular weight is 282 g/mol. The van der Waals surface area contributed by atoms with Crippen LogP contribution in [0.4, 0.5) is 0 Å². The third-order valence-corrected chi connectivity index (χ3v) is 3.90. The molecule has 1 atom stereocenters. The van der Waals surface area contributed by atoms with Crippen molar-refractivity contribution >= 4 is 23.5 Å². The van der Waals surface area contributed by atoms with E-state index >= 15 is 0 Å². The summed E-state index contributed by atoms with van der Waals surface area (Å²) in [5.41, 5.74) is -0.695. The highest BCUT2D eigenvalue weighted by atomic mass is 35.5. The third kappa shape index (κ3) is 2.59. The van der Waals surface area contributed by atoms with Crippen LogP contribution in [0.1, 0.15) is 36.5 Å². The molecular formula is C14H16ClNO3. The maximum atomic E-state index is 12.5. The van der Waals surface area contributed by atoms with Crippen LogP contribution in [0.3, 0.4) is 0 Å². The highest BCUT2D eigenvalue weighted by Crippen LogP contribution is 2.30. The molecule has 5 heteroatoms. The van der Waals surface area contributed by atoms with Gasteiger partial charge in [0.05, 0.1) is 0 Å². The first kappa shape index (κ1) is 13.9. The number of benzene rings is 1. The van der Waals surface area contributed by atoms with Crippen molar-refractivity contribution < 1.29 is 14.7 Å². The number of hydrogen-bond donors (Lipinski definition) is 1. The number of piperidine rings is 1. The smallest absolute Gasteiger partial charge is 0.329 e. The Morgan fingerprint density at radius 1 is 1.37 bits per heavy atom. The molecule has 0 radical (unpaired) electrons. The summed E-state index contributed by atoms with van der Waals surface area (Å²) >= 11 is 5.87. The zero-order chi connectivity index (χ0) is 14.0. The molecule has 1 aliphatic rings. The molecule has 0 aliphatic carbocycles. The Bertz CT molecular complexity index is 517. The highest BCUT2D eigenvalue weighted by molar-refractivity contribution is 6.31. The fourth-order valence-electron chi connectivity index (χ4n) is 2.45. The fourth-order valence-corrected chi connectivity index (χ4v) is 2.64. The lowest BCUT2D eigenvalue weighted by Crippen LogP contribution is -2.57. The number of aliphatic carboxylic acids is 1. The van der Waals surface area contributed by atoms with Gasteiger partial charge in [0, 0.05) is 17.1 Å². The number of carboxylic acid groups (broad SMARTS) is 1. The fraction of sp³-hybridized carbons (Fsp3) is 0.429. The van der Waals surface area contributed by atoms with Crippen LogP contribution in [0.15, 0.2) is 24.3 Å². The summed E-state index contributed by atoms with van der Waals surface area (Å²) < 4.78 is 0. The van der Waals surface area contributed by atoms with Gasteiger partial charge < -0.3 is 10.0 Å². The van der Waals surface area contributed by atoms with E-state index in [0.29, 0.717) is 23.6 Å². The van der Waals surface area contributed by atoms with Gasteiger partial charge in [0.15, 0.2) is 0 Å². The standard InChI is InChI=1S/C14H16ClNO3/c1-14(13(18)19)7-2-3-8-16(14)12(17)10-5-4-6-11(15)9-10/h4-6,9H,2-3,7-8H2,1H3,(H,18,19). The van der Waals surface area contributed by atoms with Crippen LogP contribution in [0.2, 0.25) is 5.02 Å². The van der Waals surface area contributed by atoms with Crippen LogP contribution in [0.25, 0.3) is 0 Å². The van der Waals surface area contributed by atoms with Gasteiger partial charge in [-0.15, -0.1) is 0 Å². The summed E-state index contributed by atoms with van der Waals surface area (Å²) in [6.45, 7) is 2.07. The van der Waals surface area contributed by atoms with E-state index in [1.807, 2.05) is 0 Å². The molecule has 2 rings (SSSR count). The van der Waals surface area contributed by atoms with Gasteiger partial charge in [0.2, 0.25) is 0 Å². The molecule has 1 heterocycles. The van der Waals surface area contributed by atoms with Gasteiger partial charge in [-0.25, -0.2) is 4.79 Å². The minimum absolute atomic E-state index is 0.271. The van der Waals surface area contributed by atoms with Crippen molar-refractivity contribution in [3.8, 4) is 0 Å². The topological polar surface area (TPSA) is 57.6 Å². The van der Waals surface area contributed by atoms with Gasteiger partial charge in [0.25, 0.3) is 5.91 Å². The first-order chi connectivity index (χ1) is 8.95. The molecule has 1 fully saturated rings. The number of hydrogen-bond acceptors (Lipinski definition) is 2. The van der Waals surface area contributed by atoms with Crippen molar-refractivity contribution in [2.45, 2.75) is 31.7 Å². The Hall–Kier alpha value is -1.55. The zero-order valence-electron chi connectivity index (χ0n) is 10.7. The van der Waals surface area contributed by atoms with E-state index in [9.17, 15) is 14.7 Å². The first-order valence-corrected chi connectivity index (χ1v) is 6.64. The Labute approximate surface area is 117 Å². The highest BCUT2D eigenvalue weighted by Gasteiger charge is 2.44. The van der Waals surface area contributed by atoms with Crippen LogP contribution in [-0.4, -0.2) is 34.0 Å². The Morgan fingerprint density at radius 3 is 2.74 bits per heavy atom. The maximum Gasteiger partial charge on any atom is 0.329 e. The molecule has 0 aromatic heterocycles. The minimum Gasteiger partial charge on any atom is -0.480 e. The van der Waals surface area contributed by atoms with Crippen molar-refractivity contribution in [1.29, 1.82) is 0 Å². The minimum atomic E-state index is -1.13. The van der Waals surface area contributed by atoms with E-state index in [4.69, 9.17) is 11.6 Å². The molecule has 1 aliphatic heterocycles. The summed E-state index contributed by atoms with van der Waals surface area (Å²) in [7, 11) is 0. The van der Waals surface area contributed by atoms with Crippen molar-refractivity contribution in [2.24, 2.45) is 0 Å². The first-order valence-electron chi connectivity index (χ1n) is 6.26. The van der Waals surface area contributed by atoms with E-state index in [2.05, 4.69) is 0 Å². The van der Waals surface area contributed by atoms with Crippen molar-refractivity contribution in [3.63, 3.8) is 0 Å². The molecule has 1 amide bonds. The van der Waals surface area contributed by atoms with Crippen molar-refractivity contribution in [2.75, 3.05) is 6.54 Å². The third-order valence-electron chi connectivity index (χ3n) is 3.67. The summed E-state index contributed by atoms with van der Waals surface area (Å²) in [6.07, 6.45) is 2.13. The monoisotopic (exact) mass is 281 g/mol. The molecule has 1 saturated heterocycles. The molecule has 102 valence electrons. The Morgan fingerprint density at radius 2 is 2.11 bits per heavy atom. The average Bonchev–Trinajstić information content (AvgIpc) is 2.38. The lowest BCUT2D eigenvalue weighted by atomic mass is 9.88. The molecule has 19 heavy (non-hydrogen) atoms. The normalized spacial score (nSPS) is 23.2. The number of carbonyl (C=O) groups excluding carboxylic acids is 1. The van der Waals surface area contributed by atoms with Crippen molar-refractivity contribution in [1.82, 2.24) is 4.90 Å². The number of carboxylic acids is 1. The second-order valence-electron chi connectivity index (χ2n) is 5.00. The Kier molecular flexibility index (Phi) is 3.80. The molecule has 0 bridgehead atoms. The lowest BCUT2D eigenvalue weighted by Gasteiger charge is -2.41. The summed E-state index contributed by atoms with van der Waals surface area (Å²) in [4.78, 5) is 25.4. The van der Waals surface area contributed by atoms with E-state index in [1.165, 1.54) is 4.90 Å². The second-order valence-corrected chi connectivity index (χ2v) is 5.44. The molecule has 0 spiro atoms. The SMILES string of the molecule is CC1(C(=O)O)CCCCN1C(=O)c1cccc(Cl)c1. The predicted octanol–water partition coefficient (Wildman–Crippen LogP) is 2.81. The molecule has 0 saturated carbocycles. The van der Waals surface area contributed by atoms with Gasteiger partial charge in [-0.3, -0.25) is 4.79 Å². The van der Waals surface area contributed by atoms with E-state index in [0.717, 1.165) is 12.8 Å². The predicted molar refractivity (Wildman–Crippen MR) is 72.4 cm³/mol. The quantitative estimate of drug-likeness (QED) is 0.907. The summed E-state index contributed by atoms with van der Waals surface area (Å²) in [6, 6.07) is 6.61. The number of rotatable bonds is 2. The largest absolute Gasteiger partial charge is 0.480 e. The maximum absolute atomic E-state index is 12.5. The van der Waals surface area contributed by atoms with Gasteiger partial charge in [0.1, 0.15) is 5.54 Å². The molecule has 1 unspecified atom stereocenters. The molecule has 1 aromatic rings. The van der Waals surface area contributed by atoms with Crippen LogP contribution >= 0.6 is 11.6 Å². The van der Waals surface area contributed by atoms with Crippen molar-refractivity contribution in [3.05, 3.63) is 34.9 Å².